The van der Waals surface area contributed by atoms with Crippen LogP contribution in [0.5, 0.6) is 0 Å². The van der Waals surface area contributed by atoms with E-state index in [1.165, 1.54) is 18.4 Å². The Labute approximate surface area is 161 Å². The Morgan fingerprint density at radius 1 is 1.11 bits per heavy atom. The van der Waals surface area contributed by atoms with Crippen LogP contribution in [0.1, 0.15) is 31.4 Å². The lowest BCUT2D eigenvalue weighted by Gasteiger charge is -2.15. The van der Waals surface area contributed by atoms with Crippen LogP contribution < -0.4 is 4.80 Å². The van der Waals surface area contributed by atoms with Crippen molar-refractivity contribution in [2.75, 3.05) is 7.11 Å². The van der Waals surface area contributed by atoms with Crippen molar-refractivity contribution in [2.24, 2.45) is 4.99 Å². The van der Waals surface area contributed by atoms with Crippen LogP contribution in [-0.4, -0.2) is 23.6 Å². The van der Waals surface area contributed by atoms with Gasteiger partial charge in [-0.15, -0.1) is 0 Å². The molecule has 1 heterocycles. The summed E-state index contributed by atoms with van der Waals surface area (Å²) in [5, 5.41) is 0. The van der Waals surface area contributed by atoms with Gasteiger partial charge in [0.2, 0.25) is 5.91 Å². The molecule has 1 unspecified atom stereocenters. The Morgan fingerprint density at radius 3 is 2.52 bits per heavy atom. The molecule has 1 aromatic heterocycles. The van der Waals surface area contributed by atoms with E-state index >= 15 is 0 Å². The third-order valence-electron chi connectivity index (χ3n) is 4.39. The molecule has 0 aliphatic rings. The first kappa shape index (κ1) is 19.0. The second kappa shape index (κ2) is 8.77. The highest BCUT2D eigenvalue weighted by Crippen LogP contribution is 2.23. The van der Waals surface area contributed by atoms with Crippen molar-refractivity contribution < 1.29 is 14.3 Å². The molecule has 0 fully saturated rings. The summed E-state index contributed by atoms with van der Waals surface area (Å²) in [6.45, 7) is 1.92. The Bertz CT molecular complexity index is 1000. The van der Waals surface area contributed by atoms with Gasteiger partial charge >= 0.3 is 5.97 Å². The number of carbonyl (C=O) groups is 2. The Kier molecular flexibility index (Phi) is 6.19. The van der Waals surface area contributed by atoms with Gasteiger partial charge in [0.1, 0.15) is 6.04 Å². The average Bonchev–Trinajstić information content (AvgIpc) is 3.05. The van der Waals surface area contributed by atoms with Crippen LogP contribution in [0, 0.1) is 0 Å². The van der Waals surface area contributed by atoms with Crippen molar-refractivity contribution in [3.8, 4) is 0 Å². The molecule has 0 radical (unpaired) electrons. The number of fused-ring (bicyclic) bond motifs is 1. The first-order valence-corrected chi connectivity index (χ1v) is 9.75. The number of hydrogen-bond acceptors (Lipinski definition) is 4. The number of rotatable bonds is 6. The molecule has 140 valence electrons. The molecule has 27 heavy (non-hydrogen) atoms. The number of amides is 1. The SMILES string of the molecule is CCC(C(=O)OC)n1c(=NC(=O)CCc2ccccc2)sc2ccccc21. The Hall–Kier alpha value is -2.73. The molecule has 0 aliphatic carbocycles. The summed E-state index contributed by atoms with van der Waals surface area (Å²) in [6.07, 6.45) is 1.52. The fourth-order valence-electron chi connectivity index (χ4n) is 3.02. The summed E-state index contributed by atoms with van der Waals surface area (Å²) in [5.74, 6) is -0.530. The first-order valence-electron chi connectivity index (χ1n) is 8.93. The second-order valence-corrected chi connectivity index (χ2v) is 7.17. The maximum atomic E-state index is 12.5. The number of para-hydroxylation sites is 1. The quantitative estimate of drug-likeness (QED) is 0.608. The molecule has 3 rings (SSSR count). The van der Waals surface area contributed by atoms with Gasteiger partial charge in [0.15, 0.2) is 4.80 Å². The van der Waals surface area contributed by atoms with Crippen LogP contribution in [0.15, 0.2) is 59.6 Å². The van der Waals surface area contributed by atoms with Gasteiger partial charge < -0.3 is 9.30 Å². The summed E-state index contributed by atoms with van der Waals surface area (Å²) in [5.41, 5.74) is 1.99. The van der Waals surface area contributed by atoms with E-state index in [4.69, 9.17) is 4.74 Å². The molecule has 0 aliphatic heterocycles. The number of thiazole rings is 1. The fourth-order valence-corrected chi connectivity index (χ4v) is 4.11. The van der Waals surface area contributed by atoms with E-state index < -0.39 is 6.04 Å². The molecule has 0 saturated carbocycles. The van der Waals surface area contributed by atoms with Crippen LogP contribution in [-0.2, 0) is 20.7 Å². The van der Waals surface area contributed by atoms with Crippen molar-refractivity contribution in [3.63, 3.8) is 0 Å². The van der Waals surface area contributed by atoms with E-state index in [1.807, 2.05) is 66.1 Å². The van der Waals surface area contributed by atoms with Crippen molar-refractivity contribution in [1.29, 1.82) is 0 Å². The summed E-state index contributed by atoms with van der Waals surface area (Å²) < 4.78 is 7.77. The highest BCUT2D eigenvalue weighted by molar-refractivity contribution is 7.16. The number of ether oxygens (including phenoxy) is 1. The molecule has 1 atom stereocenters. The van der Waals surface area contributed by atoms with E-state index in [2.05, 4.69) is 4.99 Å². The smallest absolute Gasteiger partial charge is 0.328 e. The van der Waals surface area contributed by atoms with E-state index in [-0.39, 0.29) is 11.9 Å². The van der Waals surface area contributed by atoms with Gasteiger partial charge in [0.05, 0.1) is 17.3 Å². The van der Waals surface area contributed by atoms with Gasteiger partial charge in [-0.05, 0) is 30.5 Å². The molecule has 0 saturated heterocycles. The average molecular weight is 382 g/mol. The van der Waals surface area contributed by atoms with Gasteiger partial charge in [-0.2, -0.15) is 4.99 Å². The van der Waals surface area contributed by atoms with Gasteiger partial charge in [0.25, 0.3) is 0 Å². The van der Waals surface area contributed by atoms with Crippen LogP contribution in [0.25, 0.3) is 10.2 Å². The number of esters is 1. The van der Waals surface area contributed by atoms with E-state index in [0.717, 1.165) is 15.8 Å². The number of methoxy groups -OCH3 is 1. The Morgan fingerprint density at radius 2 is 1.81 bits per heavy atom. The predicted octanol–water partition coefficient (Wildman–Crippen LogP) is 3.89. The molecule has 0 bridgehead atoms. The lowest BCUT2D eigenvalue weighted by Crippen LogP contribution is -2.28. The molecule has 5 nitrogen and oxygen atoms in total. The topological polar surface area (TPSA) is 60.7 Å². The molecular formula is C21H22N2O3S. The number of aromatic nitrogens is 1. The van der Waals surface area contributed by atoms with Crippen molar-refractivity contribution in [2.45, 2.75) is 32.2 Å². The summed E-state index contributed by atoms with van der Waals surface area (Å²) >= 11 is 1.41. The molecule has 6 heteroatoms. The molecule has 0 spiro atoms. The van der Waals surface area contributed by atoms with Crippen LogP contribution in [0.2, 0.25) is 0 Å². The minimum atomic E-state index is -0.508. The van der Waals surface area contributed by atoms with E-state index in [0.29, 0.717) is 24.1 Å². The third kappa shape index (κ3) is 4.34. The zero-order chi connectivity index (χ0) is 19.2. The highest BCUT2D eigenvalue weighted by atomic mass is 32.1. The van der Waals surface area contributed by atoms with E-state index in [9.17, 15) is 9.59 Å². The largest absolute Gasteiger partial charge is 0.467 e. The zero-order valence-corrected chi connectivity index (χ0v) is 16.2. The van der Waals surface area contributed by atoms with Gasteiger partial charge in [-0.1, -0.05) is 60.7 Å². The van der Waals surface area contributed by atoms with Gasteiger partial charge in [0, 0.05) is 6.42 Å². The van der Waals surface area contributed by atoms with Gasteiger partial charge in [-0.3, -0.25) is 4.79 Å². The van der Waals surface area contributed by atoms with Crippen LogP contribution in [0.3, 0.4) is 0 Å². The van der Waals surface area contributed by atoms with Crippen LogP contribution >= 0.6 is 11.3 Å². The molecule has 1 amide bonds. The monoisotopic (exact) mass is 382 g/mol. The number of hydrogen-bond donors (Lipinski definition) is 0. The predicted molar refractivity (Wildman–Crippen MR) is 106 cm³/mol. The molecule has 0 N–H and O–H groups in total. The fraction of sp³-hybridized carbons (Fsp3) is 0.286. The highest BCUT2D eigenvalue weighted by Gasteiger charge is 2.23. The second-order valence-electron chi connectivity index (χ2n) is 6.16. The lowest BCUT2D eigenvalue weighted by molar-refractivity contribution is -0.144. The lowest BCUT2D eigenvalue weighted by atomic mass is 10.1. The first-order chi connectivity index (χ1) is 13.1. The summed E-state index contributed by atoms with van der Waals surface area (Å²) in [6, 6.07) is 17.1. The number of nitrogens with zero attached hydrogens (tertiary/aromatic N) is 2. The maximum Gasteiger partial charge on any atom is 0.328 e. The van der Waals surface area contributed by atoms with Crippen molar-refractivity contribution >= 4 is 33.4 Å². The number of carbonyl (C=O) groups excluding carboxylic acids is 2. The molecular weight excluding hydrogens is 360 g/mol. The summed E-state index contributed by atoms with van der Waals surface area (Å²) in [4.78, 5) is 29.6. The van der Waals surface area contributed by atoms with Crippen molar-refractivity contribution in [1.82, 2.24) is 4.57 Å². The number of benzene rings is 2. The zero-order valence-electron chi connectivity index (χ0n) is 15.4. The van der Waals surface area contributed by atoms with Crippen molar-refractivity contribution in [3.05, 3.63) is 65.0 Å². The van der Waals surface area contributed by atoms with E-state index in [1.54, 1.807) is 0 Å². The Balaban J connectivity index is 1.97. The molecule has 2 aromatic carbocycles. The molecule has 3 aromatic rings. The standard InChI is InChI=1S/C21H22N2O3S/c1-3-16(20(25)26-2)23-17-11-7-8-12-18(17)27-21(23)22-19(24)14-13-15-9-5-4-6-10-15/h4-12,16H,3,13-14H2,1-2H3. The minimum Gasteiger partial charge on any atom is -0.467 e. The maximum absolute atomic E-state index is 12.5. The minimum absolute atomic E-state index is 0.195. The number of aryl methyl sites for hydroxylation is 1. The summed E-state index contributed by atoms with van der Waals surface area (Å²) in [7, 11) is 1.38. The normalized spacial score (nSPS) is 12.9. The van der Waals surface area contributed by atoms with Crippen LogP contribution in [0.4, 0.5) is 0 Å². The third-order valence-corrected chi connectivity index (χ3v) is 5.43. The van der Waals surface area contributed by atoms with Gasteiger partial charge in [-0.25, -0.2) is 4.79 Å².